The highest BCUT2D eigenvalue weighted by molar-refractivity contribution is 7.99. The molecule has 8 heteroatoms. The zero-order valence-corrected chi connectivity index (χ0v) is 13.3. The van der Waals surface area contributed by atoms with Crippen LogP contribution < -0.4 is 10.6 Å². The van der Waals surface area contributed by atoms with E-state index in [2.05, 4.69) is 15.6 Å². The van der Waals surface area contributed by atoms with Gasteiger partial charge in [-0.2, -0.15) is 0 Å². The Morgan fingerprint density at radius 1 is 1.39 bits per heavy atom. The Kier molecular flexibility index (Phi) is 4.80. The summed E-state index contributed by atoms with van der Waals surface area (Å²) in [5.74, 6) is 0.635. The van der Waals surface area contributed by atoms with Gasteiger partial charge < -0.3 is 15.5 Å². The molecule has 3 rings (SSSR count). The Morgan fingerprint density at radius 3 is 2.87 bits per heavy atom. The van der Waals surface area contributed by atoms with E-state index in [0.717, 1.165) is 5.56 Å². The van der Waals surface area contributed by atoms with E-state index >= 15 is 0 Å². The number of rotatable bonds is 4. The predicted octanol–water partition coefficient (Wildman–Crippen LogP) is -0.122. The zero-order valence-electron chi connectivity index (χ0n) is 12.5. The van der Waals surface area contributed by atoms with Gasteiger partial charge in [-0.1, -0.05) is 0 Å². The van der Waals surface area contributed by atoms with Gasteiger partial charge in [-0.3, -0.25) is 19.4 Å². The Morgan fingerprint density at radius 2 is 2.17 bits per heavy atom. The van der Waals surface area contributed by atoms with Crippen molar-refractivity contribution in [2.24, 2.45) is 0 Å². The van der Waals surface area contributed by atoms with Gasteiger partial charge in [0.25, 0.3) is 0 Å². The lowest BCUT2D eigenvalue weighted by atomic mass is 10.1. The van der Waals surface area contributed by atoms with Gasteiger partial charge in [0.05, 0.1) is 5.88 Å². The van der Waals surface area contributed by atoms with Gasteiger partial charge in [0.2, 0.25) is 17.7 Å². The minimum atomic E-state index is -0.489. The summed E-state index contributed by atoms with van der Waals surface area (Å²) >= 11 is 1.55. The molecule has 2 saturated heterocycles. The Balaban J connectivity index is 1.58. The van der Waals surface area contributed by atoms with Crippen molar-refractivity contribution < 1.29 is 14.4 Å². The molecule has 1 unspecified atom stereocenters. The maximum absolute atomic E-state index is 12.5. The first kappa shape index (κ1) is 15.8. The van der Waals surface area contributed by atoms with Gasteiger partial charge in [0.1, 0.15) is 12.1 Å². The fourth-order valence-electron chi connectivity index (χ4n) is 2.68. The monoisotopic (exact) mass is 334 g/mol. The normalized spacial score (nSPS) is 23.7. The summed E-state index contributed by atoms with van der Waals surface area (Å²) in [6, 6.07) is 2.70. The molecule has 3 heterocycles. The van der Waals surface area contributed by atoms with Gasteiger partial charge in [0, 0.05) is 31.1 Å². The molecule has 2 aliphatic rings. The molecule has 2 atom stereocenters. The molecular formula is C15H18N4O3S. The maximum atomic E-state index is 12.5. The zero-order chi connectivity index (χ0) is 16.2. The fourth-order valence-corrected chi connectivity index (χ4v) is 3.85. The largest absolute Gasteiger partial charge is 0.350 e. The number of nitrogens with one attached hydrogen (secondary N) is 2. The Bertz CT molecular complexity index is 610. The van der Waals surface area contributed by atoms with Crippen molar-refractivity contribution in [2.75, 3.05) is 11.6 Å². The van der Waals surface area contributed by atoms with Crippen LogP contribution in [-0.2, 0) is 20.9 Å². The van der Waals surface area contributed by atoms with Gasteiger partial charge in [0.15, 0.2) is 0 Å². The van der Waals surface area contributed by atoms with Crippen LogP contribution in [0.1, 0.15) is 18.4 Å². The highest BCUT2D eigenvalue weighted by Gasteiger charge is 2.39. The van der Waals surface area contributed by atoms with Gasteiger partial charge in [-0.15, -0.1) is 11.8 Å². The van der Waals surface area contributed by atoms with Crippen molar-refractivity contribution in [1.29, 1.82) is 0 Å². The Labute approximate surface area is 138 Å². The first-order valence-electron chi connectivity index (χ1n) is 7.49. The average Bonchev–Trinajstić information content (AvgIpc) is 3.22. The average molecular weight is 334 g/mol. The molecule has 1 aromatic rings. The third-order valence-electron chi connectivity index (χ3n) is 3.98. The van der Waals surface area contributed by atoms with Crippen LogP contribution in [0.5, 0.6) is 0 Å². The summed E-state index contributed by atoms with van der Waals surface area (Å²) < 4.78 is 0. The van der Waals surface area contributed by atoms with Crippen molar-refractivity contribution in [1.82, 2.24) is 20.5 Å². The summed E-state index contributed by atoms with van der Waals surface area (Å²) in [5.41, 5.74) is 0.958. The summed E-state index contributed by atoms with van der Waals surface area (Å²) in [6.07, 6.45) is 4.22. The minimum Gasteiger partial charge on any atom is -0.350 e. The number of pyridine rings is 1. The lowest BCUT2D eigenvalue weighted by Gasteiger charge is -2.25. The first-order chi connectivity index (χ1) is 11.1. The van der Waals surface area contributed by atoms with E-state index in [0.29, 0.717) is 31.0 Å². The predicted molar refractivity (Wildman–Crippen MR) is 85.2 cm³/mol. The topological polar surface area (TPSA) is 91.4 Å². The van der Waals surface area contributed by atoms with Crippen molar-refractivity contribution in [2.45, 2.75) is 31.5 Å². The van der Waals surface area contributed by atoms with Crippen molar-refractivity contribution in [3.63, 3.8) is 0 Å². The molecule has 2 fully saturated rings. The molecule has 0 aromatic carbocycles. The van der Waals surface area contributed by atoms with Crippen LogP contribution in [0.4, 0.5) is 0 Å². The summed E-state index contributed by atoms with van der Waals surface area (Å²) in [6.45, 7) is 0.407. The summed E-state index contributed by atoms with van der Waals surface area (Å²) in [5, 5.41) is 5.53. The van der Waals surface area contributed by atoms with Crippen molar-refractivity contribution in [3.8, 4) is 0 Å². The number of hydrogen-bond acceptors (Lipinski definition) is 5. The fraction of sp³-hybridized carbons (Fsp3) is 0.467. The molecular weight excluding hydrogens is 316 g/mol. The lowest BCUT2D eigenvalue weighted by Crippen LogP contribution is -2.52. The van der Waals surface area contributed by atoms with E-state index in [9.17, 15) is 14.4 Å². The van der Waals surface area contributed by atoms with Gasteiger partial charge >= 0.3 is 0 Å². The smallest absolute Gasteiger partial charge is 0.246 e. The second-order valence-corrected chi connectivity index (χ2v) is 6.56. The first-order valence-corrected chi connectivity index (χ1v) is 8.65. The number of thioether (sulfide) groups is 1. The number of hydrogen-bond donors (Lipinski definition) is 2. The standard InChI is InChI=1S/C15H18N4O3S/c20-13-2-1-11(18-13)15(22)19-9-23-8-12(19)14(21)17-7-10-3-5-16-6-4-10/h3-6,11-12H,1-2,7-9H2,(H,17,21)(H,18,20)/t11?,12-/m1/s1. The molecule has 0 radical (unpaired) electrons. The molecule has 23 heavy (non-hydrogen) atoms. The van der Waals surface area contributed by atoms with Crippen LogP contribution in [0.25, 0.3) is 0 Å². The quantitative estimate of drug-likeness (QED) is 0.801. The number of carbonyl (C=O) groups is 3. The number of aromatic nitrogens is 1. The molecule has 0 aliphatic carbocycles. The second-order valence-electron chi connectivity index (χ2n) is 5.56. The van der Waals surface area contributed by atoms with Crippen LogP contribution in [0.3, 0.4) is 0 Å². The van der Waals surface area contributed by atoms with Crippen molar-refractivity contribution >= 4 is 29.5 Å². The number of nitrogens with zero attached hydrogens (tertiary/aromatic N) is 2. The highest BCUT2D eigenvalue weighted by atomic mass is 32.2. The minimum absolute atomic E-state index is 0.103. The van der Waals surface area contributed by atoms with E-state index < -0.39 is 12.1 Å². The molecule has 2 N–H and O–H groups in total. The Hall–Kier alpha value is -2.09. The molecule has 0 saturated carbocycles. The second kappa shape index (κ2) is 6.99. The summed E-state index contributed by atoms with van der Waals surface area (Å²) in [7, 11) is 0. The van der Waals surface area contributed by atoms with Crippen LogP contribution in [-0.4, -0.2) is 51.3 Å². The third kappa shape index (κ3) is 3.64. The van der Waals surface area contributed by atoms with Gasteiger partial charge in [-0.25, -0.2) is 0 Å². The van der Waals surface area contributed by atoms with Crippen LogP contribution in [0.2, 0.25) is 0 Å². The molecule has 1 aromatic heterocycles. The van der Waals surface area contributed by atoms with Gasteiger partial charge in [-0.05, 0) is 24.1 Å². The molecule has 0 bridgehead atoms. The van der Waals surface area contributed by atoms with E-state index in [1.165, 1.54) is 0 Å². The molecule has 122 valence electrons. The highest BCUT2D eigenvalue weighted by Crippen LogP contribution is 2.23. The molecule has 0 spiro atoms. The molecule has 7 nitrogen and oxygen atoms in total. The lowest BCUT2D eigenvalue weighted by molar-refractivity contribution is -0.139. The molecule has 2 aliphatic heterocycles. The SMILES string of the molecule is O=C1CCC(C(=O)N2CSC[C@@H]2C(=O)NCc2ccncc2)N1. The van der Waals surface area contributed by atoms with E-state index in [4.69, 9.17) is 0 Å². The van der Waals surface area contributed by atoms with Crippen LogP contribution in [0.15, 0.2) is 24.5 Å². The van der Waals surface area contributed by atoms with Crippen molar-refractivity contribution in [3.05, 3.63) is 30.1 Å². The number of amides is 3. The van der Waals surface area contributed by atoms with E-state index in [1.54, 1.807) is 29.1 Å². The maximum Gasteiger partial charge on any atom is 0.246 e. The summed E-state index contributed by atoms with van der Waals surface area (Å²) in [4.78, 5) is 41.7. The molecule has 3 amide bonds. The van der Waals surface area contributed by atoms with Crippen LogP contribution >= 0.6 is 11.8 Å². The number of carbonyl (C=O) groups excluding carboxylic acids is 3. The van der Waals surface area contributed by atoms with E-state index in [1.807, 2.05) is 12.1 Å². The third-order valence-corrected chi connectivity index (χ3v) is 4.99. The van der Waals surface area contributed by atoms with E-state index in [-0.39, 0.29) is 17.7 Å². The van der Waals surface area contributed by atoms with Crippen LogP contribution in [0, 0.1) is 0 Å².